The second-order valence-corrected chi connectivity index (χ2v) is 4.92. The molecule has 1 N–H and O–H groups in total. The van der Waals surface area contributed by atoms with E-state index < -0.39 is 11.9 Å². The van der Waals surface area contributed by atoms with Crippen molar-refractivity contribution in [2.75, 3.05) is 13.1 Å². The molecule has 114 valence electrons. The van der Waals surface area contributed by atoms with Crippen molar-refractivity contribution >= 4 is 29.9 Å². The van der Waals surface area contributed by atoms with E-state index in [0.29, 0.717) is 24.1 Å². The van der Waals surface area contributed by atoms with Gasteiger partial charge >= 0.3 is 5.97 Å². The molecule has 1 aromatic carbocycles. The molecule has 1 aliphatic heterocycles. The van der Waals surface area contributed by atoms with Crippen LogP contribution in [0, 0.1) is 11.7 Å². The second kappa shape index (κ2) is 7.22. The van der Waals surface area contributed by atoms with E-state index in [2.05, 4.69) is 0 Å². The van der Waals surface area contributed by atoms with Crippen molar-refractivity contribution in [2.45, 2.75) is 13.3 Å². The molecule has 1 fully saturated rings. The first-order chi connectivity index (χ1) is 9.49. The van der Waals surface area contributed by atoms with Gasteiger partial charge in [0.05, 0.1) is 5.92 Å². The highest BCUT2D eigenvalue weighted by Gasteiger charge is 2.30. The van der Waals surface area contributed by atoms with Gasteiger partial charge in [-0.05, 0) is 25.0 Å². The summed E-state index contributed by atoms with van der Waals surface area (Å²) in [6.07, 6.45) is 1.83. The lowest BCUT2D eigenvalue weighted by Crippen LogP contribution is -2.28. The standard InChI is InChI=1S/C15H16FNO3.ClH/c1-10(12-4-2-3-5-13(12)16)8-14(18)17-7-6-11(9-17)15(19)20;/h2-5,8,11H,6-7,9H2,1H3,(H,19,20);1H. The van der Waals surface area contributed by atoms with Crippen LogP contribution >= 0.6 is 12.4 Å². The summed E-state index contributed by atoms with van der Waals surface area (Å²) in [5.41, 5.74) is 0.918. The molecule has 4 nitrogen and oxygen atoms in total. The number of rotatable bonds is 3. The number of likely N-dealkylation sites (tertiary alicyclic amines) is 1. The minimum Gasteiger partial charge on any atom is -0.481 e. The predicted octanol–water partition coefficient (Wildman–Crippen LogP) is 2.58. The van der Waals surface area contributed by atoms with Crippen LogP contribution in [0.25, 0.3) is 5.57 Å². The molecule has 0 saturated carbocycles. The maximum Gasteiger partial charge on any atom is 0.308 e. The Morgan fingerprint density at radius 2 is 2.05 bits per heavy atom. The first-order valence-corrected chi connectivity index (χ1v) is 6.44. The van der Waals surface area contributed by atoms with Gasteiger partial charge in [-0.1, -0.05) is 18.2 Å². The van der Waals surface area contributed by atoms with Crippen LogP contribution in [0.5, 0.6) is 0 Å². The first-order valence-electron chi connectivity index (χ1n) is 6.44. The van der Waals surface area contributed by atoms with Gasteiger partial charge < -0.3 is 10.0 Å². The molecule has 1 unspecified atom stereocenters. The van der Waals surface area contributed by atoms with Gasteiger partial charge in [0.1, 0.15) is 5.82 Å². The molecule has 2 rings (SSSR count). The number of hydrogen-bond acceptors (Lipinski definition) is 2. The summed E-state index contributed by atoms with van der Waals surface area (Å²) in [5, 5.41) is 8.91. The third-order valence-electron chi connectivity index (χ3n) is 3.49. The quantitative estimate of drug-likeness (QED) is 0.873. The van der Waals surface area contributed by atoms with E-state index in [1.165, 1.54) is 17.0 Å². The number of benzene rings is 1. The zero-order valence-corrected chi connectivity index (χ0v) is 12.4. The van der Waals surface area contributed by atoms with Crippen LogP contribution in [0.3, 0.4) is 0 Å². The first kappa shape index (κ1) is 17.2. The second-order valence-electron chi connectivity index (χ2n) is 4.92. The normalized spacial score (nSPS) is 18.3. The highest BCUT2D eigenvalue weighted by atomic mass is 35.5. The van der Waals surface area contributed by atoms with Crippen LogP contribution in [0.15, 0.2) is 30.3 Å². The number of carbonyl (C=O) groups excluding carboxylic acids is 1. The van der Waals surface area contributed by atoms with Gasteiger partial charge in [0.15, 0.2) is 0 Å². The molecule has 6 heteroatoms. The molecule has 1 aliphatic rings. The smallest absolute Gasteiger partial charge is 0.308 e. The van der Waals surface area contributed by atoms with Crippen molar-refractivity contribution in [1.82, 2.24) is 4.90 Å². The van der Waals surface area contributed by atoms with Crippen molar-refractivity contribution < 1.29 is 19.1 Å². The lowest BCUT2D eigenvalue weighted by molar-refractivity contribution is -0.141. The van der Waals surface area contributed by atoms with Crippen LogP contribution < -0.4 is 0 Å². The van der Waals surface area contributed by atoms with Crippen molar-refractivity contribution in [2.24, 2.45) is 5.92 Å². The largest absolute Gasteiger partial charge is 0.481 e. The maximum absolute atomic E-state index is 13.6. The minimum atomic E-state index is -0.880. The van der Waals surface area contributed by atoms with Crippen molar-refractivity contribution in [3.8, 4) is 0 Å². The van der Waals surface area contributed by atoms with E-state index in [9.17, 15) is 14.0 Å². The molecule has 0 aromatic heterocycles. The Bertz CT molecular complexity index is 574. The van der Waals surface area contributed by atoms with Gasteiger partial charge in [-0.15, -0.1) is 12.4 Å². The molecule has 1 saturated heterocycles. The Balaban J connectivity index is 0.00000220. The van der Waals surface area contributed by atoms with Gasteiger partial charge in [0.25, 0.3) is 0 Å². The third kappa shape index (κ3) is 4.04. The number of carbonyl (C=O) groups is 2. The Labute approximate surface area is 128 Å². The van der Waals surface area contributed by atoms with E-state index in [-0.39, 0.29) is 30.7 Å². The summed E-state index contributed by atoms with van der Waals surface area (Å²) in [7, 11) is 0. The maximum atomic E-state index is 13.6. The summed E-state index contributed by atoms with van der Waals surface area (Å²) in [6, 6.07) is 6.24. The number of hydrogen-bond donors (Lipinski definition) is 1. The monoisotopic (exact) mass is 313 g/mol. The molecule has 0 aliphatic carbocycles. The highest BCUT2D eigenvalue weighted by molar-refractivity contribution is 5.95. The van der Waals surface area contributed by atoms with E-state index in [0.717, 1.165) is 0 Å². The van der Waals surface area contributed by atoms with E-state index in [4.69, 9.17) is 5.11 Å². The number of nitrogens with zero attached hydrogens (tertiary/aromatic N) is 1. The lowest BCUT2D eigenvalue weighted by atomic mass is 10.1. The molecule has 0 radical (unpaired) electrons. The number of carboxylic acid groups (broad SMARTS) is 1. The molecule has 1 aromatic rings. The van der Waals surface area contributed by atoms with Gasteiger partial charge in [-0.25, -0.2) is 4.39 Å². The van der Waals surface area contributed by atoms with Gasteiger partial charge in [0.2, 0.25) is 5.91 Å². The average molecular weight is 314 g/mol. The van der Waals surface area contributed by atoms with Crippen LogP contribution in [-0.4, -0.2) is 35.0 Å². The number of allylic oxidation sites excluding steroid dienone is 1. The molecular formula is C15H17ClFNO3. The fraction of sp³-hybridized carbons (Fsp3) is 0.333. The van der Waals surface area contributed by atoms with Gasteiger partial charge in [-0.2, -0.15) is 0 Å². The fourth-order valence-corrected chi connectivity index (χ4v) is 2.30. The minimum absolute atomic E-state index is 0. The molecular weight excluding hydrogens is 297 g/mol. The highest BCUT2D eigenvalue weighted by Crippen LogP contribution is 2.20. The van der Waals surface area contributed by atoms with Crippen LogP contribution in [0.4, 0.5) is 4.39 Å². The topological polar surface area (TPSA) is 57.6 Å². The van der Waals surface area contributed by atoms with Crippen LogP contribution in [-0.2, 0) is 9.59 Å². The molecule has 0 spiro atoms. The summed E-state index contributed by atoms with van der Waals surface area (Å²) in [5.74, 6) is -2.02. The summed E-state index contributed by atoms with van der Waals surface area (Å²) in [6.45, 7) is 2.31. The summed E-state index contributed by atoms with van der Waals surface area (Å²) in [4.78, 5) is 24.4. The van der Waals surface area contributed by atoms with Crippen molar-refractivity contribution in [3.63, 3.8) is 0 Å². The average Bonchev–Trinajstić information content (AvgIpc) is 2.88. The van der Waals surface area contributed by atoms with Crippen molar-refractivity contribution in [1.29, 1.82) is 0 Å². The molecule has 1 amide bonds. The van der Waals surface area contributed by atoms with Gasteiger partial charge in [-0.3, -0.25) is 9.59 Å². The summed E-state index contributed by atoms with van der Waals surface area (Å²) >= 11 is 0. The van der Waals surface area contributed by atoms with Crippen molar-refractivity contribution in [3.05, 3.63) is 41.7 Å². The van der Waals surface area contributed by atoms with Crippen LogP contribution in [0.2, 0.25) is 0 Å². The Kier molecular flexibility index (Phi) is 5.90. The number of aliphatic carboxylic acids is 1. The molecule has 21 heavy (non-hydrogen) atoms. The Morgan fingerprint density at radius 1 is 1.38 bits per heavy atom. The summed E-state index contributed by atoms with van der Waals surface area (Å²) < 4.78 is 13.6. The lowest BCUT2D eigenvalue weighted by Gasteiger charge is -2.14. The Hall–Kier alpha value is -1.88. The molecule has 0 bridgehead atoms. The van der Waals surface area contributed by atoms with E-state index in [1.54, 1.807) is 25.1 Å². The fourth-order valence-electron chi connectivity index (χ4n) is 2.30. The van der Waals surface area contributed by atoms with Crippen LogP contribution in [0.1, 0.15) is 18.9 Å². The SMILES string of the molecule is CC(=CC(=O)N1CCC(C(=O)O)C1)c1ccccc1F.Cl. The zero-order valence-electron chi connectivity index (χ0n) is 11.6. The number of carboxylic acids is 1. The molecule has 1 heterocycles. The Morgan fingerprint density at radius 3 is 2.62 bits per heavy atom. The van der Waals surface area contributed by atoms with E-state index >= 15 is 0 Å². The predicted molar refractivity (Wildman–Crippen MR) is 79.6 cm³/mol. The van der Waals surface area contributed by atoms with E-state index in [1.807, 2.05) is 0 Å². The van der Waals surface area contributed by atoms with Gasteiger partial charge in [0, 0.05) is 24.7 Å². The molecule has 1 atom stereocenters. The number of amides is 1. The third-order valence-corrected chi connectivity index (χ3v) is 3.49. The zero-order chi connectivity index (χ0) is 14.7. The number of halogens is 2.